The van der Waals surface area contributed by atoms with Crippen molar-refractivity contribution in [3.8, 4) is 22.1 Å². The van der Waals surface area contributed by atoms with Crippen molar-refractivity contribution in [3.05, 3.63) is 28.8 Å². The summed E-state index contributed by atoms with van der Waals surface area (Å²) < 4.78 is 10.6. The van der Waals surface area contributed by atoms with E-state index >= 15 is 0 Å². The van der Waals surface area contributed by atoms with Crippen LogP contribution in [0.1, 0.15) is 28.2 Å². The number of methoxy groups -OCH3 is 2. The first-order chi connectivity index (χ1) is 12.0. The molecule has 6 nitrogen and oxygen atoms in total. The first-order valence-electron chi connectivity index (χ1n) is 8.28. The molecule has 0 bridgehead atoms. The number of hydrogen-bond acceptors (Lipinski definition) is 6. The molecule has 9 heteroatoms. The Bertz CT molecular complexity index is 777. The van der Waals surface area contributed by atoms with Crippen LogP contribution in [-0.4, -0.2) is 49.1 Å². The van der Waals surface area contributed by atoms with Crippen molar-refractivity contribution in [3.63, 3.8) is 0 Å². The van der Waals surface area contributed by atoms with E-state index in [0.29, 0.717) is 29.5 Å². The Morgan fingerprint density at radius 3 is 2.41 bits per heavy atom. The fourth-order valence-corrected chi connectivity index (χ4v) is 3.96. The molecule has 27 heavy (non-hydrogen) atoms. The number of benzene rings is 1. The van der Waals surface area contributed by atoms with E-state index < -0.39 is 0 Å². The molecule has 1 aliphatic heterocycles. The molecular formula is C18H25Cl2N3O3S. The molecule has 1 fully saturated rings. The van der Waals surface area contributed by atoms with Gasteiger partial charge in [-0.3, -0.25) is 4.79 Å². The van der Waals surface area contributed by atoms with Gasteiger partial charge in [0.2, 0.25) is 0 Å². The first kappa shape index (κ1) is 23.5. The molecule has 1 saturated heterocycles. The van der Waals surface area contributed by atoms with Crippen LogP contribution in [0.4, 0.5) is 0 Å². The van der Waals surface area contributed by atoms with Crippen molar-refractivity contribution >= 4 is 42.1 Å². The summed E-state index contributed by atoms with van der Waals surface area (Å²) in [5.41, 5.74) is 7.59. The minimum absolute atomic E-state index is 0. The van der Waals surface area contributed by atoms with E-state index in [1.165, 1.54) is 11.3 Å². The average Bonchev–Trinajstić information content (AvgIpc) is 3.02. The highest BCUT2D eigenvalue weighted by Crippen LogP contribution is 2.35. The lowest BCUT2D eigenvalue weighted by atomic mass is 10.1. The van der Waals surface area contributed by atoms with Crippen LogP contribution in [0.5, 0.6) is 11.5 Å². The number of carbonyl (C=O) groups excluding carboxylic acids is 1. The quantitative estimate of drug-likeness (QED) is 0.797. The lowest BCUT2D eigenvalue weighted by Crippen LogP contribution is -2.42. The van der Waals surface area contributed by atoms with Gasteiger partial charge in [-0.05, 0) is 38.0 Å². The number of carbonyl (C=O) groups is 1. The van der Waals surface area contributed by atoms with Gasteiger partial charge in [-0.2, -0.15) is 0 Å². The van der Waals surface area contributed by atoms with Crippen LogP contribution >= 0.6 is 36.2 Å². The predicted molar refractivity (Wildman–Crippen MR) is 113 cm³/mol. The number of hydrogen-bond donors (Lipinski definition) is 1. The maximum atomic E-state index is 12.8. The highest BCUT2D eigenvalue weighted by molar-refractivity contribution is 7.17. The number of rotatable bonds is 4. The van der Waals surface area contributed by atoms with E-state index in [2.05, 4.69) is 4.98 Å². The van der Waals surface area contributed by atoms with E-state index in [-0.39, 0.29) is 36.8 Å². The van der Waals surface area contributed by atoms with Crippen LogP contribution in [0.15, 0.2) is 18.2 Å². The van der Waals surface area contributed by atoms with Gasteiger partial charge in [0.25, 0.3) is 5.91 Å². The van der Waals surface area contributed by atoms with Crippen LogP contribution in [0.3, 0.4) is 0 Å². The predicted octanol–water partition coefficient (Wildman–Crippen LogP) is 3.54. The molecule has 0 aliphatic carbocycles. The SMILES string of the molecule is COc1ccc(-c2nc(C)c(C(=O)N3CCC(N)CC3)s2)cc1OC.Cl.Cl. The molecule has 1 aliphatic rings. The Kier molecular flexibility index (Phi) is 8.81. The van der Waals surface area contributed by atoms with Crippen LogP contribution < -0.4 is 15.2 Å². The molecule has 2 N–H and O–H groups in total. The number of nitrogens with two attached hydrogens (primary N) is 1. The number of amides is 1. The molecule has 0 unspecified atom stereocenters. The monoisotopic (exact) mass is 433 g/mol. The van der Waals surface area contributed by atoms with Crippen molar-refractivity contribution in [2.75, 3.05) is 27.3 Å². The van der Waals surface area contributed by atoms with Crippen LogP contribution in [-0.2, 0) is 0 Å². The zero-order valence-electron chi connectivity index (χ0n) is 15.6. The molecule has 2 aromatic rings. The maximum absolute atomic E-state index is 12.8. The van der Waals surface area contributed by atoms with Crippen LogP contribution in [0, 0.1) is 6.92 Å². The maximum Gasteiger partial charge on any atom is 0.265 e. The van der Waals surface area contributed by atoms with E-state index in [4.69, 9.17) is 15.2 Å². The van der Waals surface area contributed by atoms with E-state index in [1.807, 2.05) is 30.0 Å². The molecular weight excluding hydrogens is 409 g/mol. The Labute approximate surface area is 175 Å². The average molecular weight is 434 g/mol. The number of ether oxygens (including phenoxy) is 2. The molecule has 150 valence electrons. The second-order valence-electron chi connectivity index (χ2n) is 6.13. The lowest BCUT2D eigenvalue weighted by Gasteiger charge is -2.29. The summed E-state index contributed by atoms with van der Waals surface area (Å²) >= 11 is 1.42. The van der Waals surface area contributed by atoms with Gasteiger partial charge in [0.1, 0.15) is 9.88 Å². The number of thiazole rings is 1. The van der Waals surface area contributed by atoms with Gasteiger partial charge in [0, 0.05) is 24.7 Å². The van der Waals surface area contributed by atoms with E-state index in [1.54, 1.807) is 14.2 Å². The fraction of sp³-hybridized carbons (Fsp3) is 0.444. The van der Waals surface area contributed by atoms with Crippen molar-refractivity contribution in [1.29, 1.82) is 0 Å². The van der Waals surface area contributed by atoms with Gasteiger partial charge in [0.15, 0.2) is 11.5 Å². The zero-order valence-corrected chi connectivity index (χ0v) is 18.0. The van der Waals surface area contributed by atoms with Gasteiger partial charge in [-0.25, -0.2) is 4.98 Å². The third kappa shape index (κ3) is 5.04. The van der Waals surface area contributed by atoms with E-state index in [9.17, 15) is 4.79 Å². The van der Waals surface area contributed by atoms with Crippen LogP contribution in [0.25, 0.3) is 10.6 Å². The number of halogens is 2. The minimum Gasteiger partial charge on any atom is -0.493 e. The molecule has 0 saturated carbocycles. The third-order valence-electron chi connectivity index (χ3n) is 4.45. The van der Waals surface area contributed by atoms with Gasteiger partial charge in [0.05, 0.1) is 19.9 Å². The van der Waals surface area contributed by atoms with Crippen LogP contribution in [0.2, 0.25) is 0 Å². The highest BCUT2D eigenvalue weighted by atomic mass is 35.5. The van der Waals surface area contributed by atoms with Gasteiger partial charge in [-0.15, -0.1) is 36.2 Å². The lowest BCUT2D eigenvalue weighted by molar-refractivity contribution is 0.0718. The van der Waals surface area contributed by atoms with Gasteiger partial charge in [-0.1, -0.05) is 0 Å². The van der Waals surface area contributed by atoms with Gasteiger partial charge >= 0.3 is 0 Å². The molecule has 3 rings (SSSR count). The molecule has 0 spiro atoms. The Morgan fingerprint density at radius 2 is 1.81 bits per heavy atom. The van der Waals surface area contributed by atoms with Crippen molar-refractivity contribution in [1.82, 2.24) is 9.88 Å². The standard InChI is InChI=1S/C18H23N3O3S.2ClH/c1-11-16(18(22)21-8-6-13(19)7-9-21)25-17(20-11)12-4-5-14(23-2)15(10-12)24-3;;/h4-5,10,13H,6-9,19H2,1-3H3;2*1H. The van der Waals surface area contributed by atoms with Crippen molar-refractivity contribution in [2.24, 2.45) is 5.73 Å². The zero-order chi connectivity index (χ0) is 18.0. The highest BCUT2D eigenvalue weighted by Gasteiger charge is 2.25. The topological polar surface area (TPSA) is 77.7 Å². The second-order valence-corrected chi connectivity index (χ2v) is 7.13. The van der Waals surface area contributed by atoms with E-state index in [0.717, 1.165) is 29.1 Å². The fourth-order valence-electron chi connectivity index (χ4n) is 2.93. The molecule has 1 amide bonds. The summed E-state index contributed by atoms with van der Waals surface area (Å²) in [6.07, 6.45) is 1.71. The summed E-state index contributed by atoms with van der Waals surface area (Å²) in [7, 11) is 3.21. The smallest absolute Gasteiger partial charge is 0.265 e. The van der Waals surface area contributed by atoms with Gasteiger partial charge < -0.3 is 20.1 Å². The number of aromatic nitrogens is 1. The summed E-state index contributed by atoms with van der Waals surface area (Å²) in [4.78, 5) is 20.0. The Hall–Kier alpha value is -1.54. The first-order valence-corrected chi connectivity index (χ1v) is 9.09. The largest absolute Gasteiger partial charge is 0.493 e. The second kappa shape index (κ2) is 10.1. The normalized spacial score (nSPS) is 14.1. The Morgan fingerprint density at radius 1 is 1.19 bits per heavy atom. The molecule has 2 heterocycles. The van der Waals surface area contributed by atoms with Crippen molar-refractivity contribution < 1.29 is 14.3 Å². The number of nitrogens with zero attached hydrogens (tertiary/aromatic N) is 2. The summed E-state index contributed by atoms with van der Waals surface area (Å²) in [5.74, 6) is 1.36. The Balaban J connectivity index is 0.00000182. The summed E-state index contributed by atoms with van der Waals surface area (Å²) in [6, 6.07) is 5.85. The molecule has 1 aromatic carbocycles. The minimum atomic E-state index is 0. The van der Waals surface area contributed by atoms with Crippen molar-refractivity contribution in [2.45, 2.75) is 25.8 Å². The number of piperidine rings is 1. The summed E-state index contributed by atoms with van der Waals surface area (Å²) in [6.45, 7) is 3.30. The summed E-state index contributed by atoms with van der Waals surface area (Å²) in [5, 5.41) is 0.801. The third-order valence-corrected chi connectivity index (χ3v) is 5.64. The molecule has 1 aromatic heterocycles. The number of aryl methyl sites for hydroxylation is 1. The molecule has 0 radical (unpaired) electrons. The number of likely N-dealkylation sites (tertiary alicyclic amines) is 1. The molecule has 0 atom stereocenters.